The smallest absolute Gasteiger partial charge is 0.338 e. The summed E-state index contributed by atoms with van der Waals surface area (Å²) >= 11 is 7.05. The molecular weight excluding hydrogens is 419 g/mol. The van der Waals surface area contributed by atoms with Crippen LogP contribution in [-0.4, -0.2) is 31.0 Å². The summed E-state index contributed by atoms with van der Waals surface area (Å²) in [6, 6.07) is 9.07. The van der Waals surface area contributed by atoms with Crippen LogP contribution in [0.2, 0.25) is 5.02 Å². The number of pyridine rings is 1. The maximum Gasteiger partial charge on any atom is 0.338 e. The number of benzene rings is 1. The van der Waals surface area contributed by atoms with Crippen LogP contribution < -0.4 is 0 Å². The van der Waals surface area contributed by atoms with E-state index in [-0.39, 0.29) is 23.1 Å². The number of oxazole rings is 1. The average Bonchev–Trinajstić information content (AvgIpc) is 3.14. The van der Waals surface area contributed by atoms with Crippen LogP contribution in [0.25, 0.3) is 23.0 Å². The molecule has 1 N–H and O–H groups in total. The molecule has 29 heavy (non-hydrogen) atoms. The summed E-state index contributed by atoms with van der Waals surface area (Å²) in [5, 5.41) is 10.5. The van der Waals surface area contributed by atoms with Crippen molar-refractivity contribution < 1.29 is 18.7 Å². The molecule has 0 unspecified atom stereocenters. The summed E-state index contributed by atoms with van der Waals surface area (Å²) in [7, 11) is 0. The van der Waals surface area contributed by atoms with E-state index in [1.54, 1.807) is 12.1 Å². The Hall–Kier alpha value is -3.30. The van der Waals surface area contributed by atoms with Gasteiger partial charge in [-0.15, -0.1) is 0 Å². The number of nitrogens with zero attached hydrogens (tertiary/aromatic N) is 4. The Balaban J connectivity index is 1.77. The normalized spacial score (nSPS) is 10.8. The van der Waals surface area contributed by atoms with Crippen molar-refractivity contribution in [3.63, 3.8) is 0 Å². The minimum Gasteiger partial charge on any atom is -0.478 e. The van der Waals surface area contributed by atoms with Gasteiger partial charge in [-0.1, -0.05) is 11.6 Å². The first-order chi connectivity index (χ1) is 14.0. The lowest BCUT2D eigenvalue weighted by Gasteiger charge is -2.00. The maximum absolute atomic E-state index is 13.2. The number of carbonyl (C=O) groups is 1. The summed E-state index contributed by atoms with van der Waals surface area (Å²) in [6.07, 6.45) is 3.87. The number of hydrogen-bond acceptors (Lipinski definition) is 7. The van der Waals surface area contributed by atoms with Crippen LogP contribution in [0.5, 0.6) is 0 Å². The van der Waals surface area contributed by atoms with Crippen molar-refractivity contribution in [2.45, 2.75) is 10.1 Å². The highest BCUT2D eigenvalue weighted by molar-refractivity contribution is 7.99. The molecule has 0 radical (unpaired) electrons. The van der Waals surface area contributed by atoms with E-state index >= 15 is 0 Å². The van der Waals surface area contributed by atoms with Crippen LogP contribution in [-0.2, 0) is 0 Å². The monoisotopic (exact) mass is 428 g/mol. The number of aromatic carboxylic acids is 1. The standard InChI is InChI=1S/C19H10ClFN4O3S/c20-12-3-6-14(22-9-12)29-19-15(16-23-7-11(8-24-16)18(26)27)25-17(28-19)10-1-4-13(21)5-2-10/h1-9H,(H,26,27). The molecule has 1 aromatic carbocycles. The lowest BCUT2D eigenvalue weighted by molar-refractivity contribution is 0.0696. The van der Waals surface area contributed by atoms with Gasteiger partial charge in [0.15, 0.2) is 16.6 Å². The van der Waals surface area contributed by atoms with Gasteiger partial charge in [0.1, 0.15) is 10.8 Å². The molecule has 7 nitrogen and oxygen atoms in total. The van der Waals surface area contributed by atoms with E-state index in [9.17, 15) is 9.18 Å². The highest BCUT2D eigenvalue weighted by Crippen LogP contribution is 2.37. The minimum absolute atomic E-state index is 0.0513. The molecule has 10 heteroatoms. The fourth-order valence-electron chi connectivity index (χ4n) is 2.31. The third-order valence-corrected chi connectivity index (χ3v) is 4.83. The average molecular weight is 429 g/mol. The van der Waals surface area contributed by atoms with Gasteiger partial charge in [0.05, 0.1) is 10.6 Å². The van der Waals surface area contributed by atoms with Crippen molar-refractivity contribution in [1.82, 2.24) is 19.9 Å². The second-order valence-corrected chi connectivity index (χ2v) is 7.11. The first-order valence-electron chi connectivity index (χ1n) is 8.11. The summed E-state index contributed by atoms with van der Waals surface area (Å²) in [5.41, 5.74) is 0.818. The number of halogens is 2. The van der Waals surface area contributed by atoms with Crippen molar-refractivity contribution in [3.8, 4) is 23.0 Å². The van der Waals surface area contributed by atoms with Gasteiger partial charge in [-0.25, -0.2) is 29.1 Å². The Morgan fingerprint density at radius 2 is 1.76 bits per heavy atom. The van der Waals surface area contributed by atoms with Crippen LogP contribution in [0.1, 0.15) is 10.4 Å². The summed E-state index contributed by atoms with van der Waals surface area (Å²) in [5.74, 6) is -1.09. The Morgan fingerprint density at radius 1 is 1.03 bits per heavy atom. The second-order valence-electron chi connectivity index (χ2n) is 5.68. The number of carboxylic acid groups (broad SMARTS) is 1. The third kappa shape index (κ3) is 4.25. The molecule has 4 rings (SSSR count). The molecular formula is C19H10ClFN4O3S. The first kappa shape index (κ1) is 19.0. The van der Waals surface area contributed by atoms with Crippen molar-refractivity contribution in [2.75, 3.05) is 0 Å². The number of hydrogen-bond donors (Lipinski definition) is 1. The Kier molecular flexibility index (Phi) is 5.24. The fraction of sp³-hybridized carbons (Fsp3) is 0. The quantitative estimate of drug-likeness (QED) is 0.482. The van der Waals surface area contributed by atoms with E-state index in [0.717, 1.165) is 0 Å². The zero-order valence-corrected chi connectivity index (χ0v) is 16.0. The van der Waals surface area contributed by atoms with Crippen LogP contribution >= 0.6 is 23.4 Å². The summed E-state index contributed by atoms with van der Waals surface area (Å²) in [4.78, 5) is 27.8. The Bertz CT molecular complexity index is 1170. The molecule has 3 aromatic heterocycles. The lowest BCUT2D eigenvalue weighted by atomic mass is 10.2. The van der Waals surface area contributed by atoms with Crippen molar-refractivity contribution in [3.05, 3.63) is 71.4 Å². The van der Waals surface area contributed by atoms with Gasteiger partial charge in [0.2, 0.25) is 5.89 Å². The fourth-order valence-corrected chi connectivity index (χ4v) is 3.21. The van der Waals surface area contributed by atoms with Crippen molar-refractivity contribution >= 4 is 29.3 Å². The van der Waals surface area contributed by atoms with E-state index in [0.29, 0.717) is 26.4 Å². The Labute approximate surface area is 172 Å². The van der Waals surface area contributed by atoms with Gasteiger partial charge in [0, 0.05) is 24.2 Å². The van der Waals surface area contributed by atoms with Crippen LogP contribution in [0.4, 0.5) is 4.39 Å². The van der Waals surface area contributed by atoms with Crippen molar-refractivity contribution in [1.29, 1.82) is 0 Å². The predicted molar refractivity (Wildman–Crippen MR) is 103 cm³/mol. The molecule has 0 fully saturated rings. The van der Waals surface area contributed by atoms with Gasteiger partial charge < -0.3 is 9.52 Å². The minimum atomic E-state index is -1.14. The Morgan fingerprint density at radius 3 is 2.38 bits per heavy atom. The van der Waals surface area contributed by atoms with Gasteiger partial charge in [-0.3, -0.25) is 0 Å². The maximum atomic E-state index is 13.2. The number of aromatic nitrogens is 4. The summed E-state index contributed by atoms with van der Waals surface area (Å²) in [6.45, 7) is 0. The van der Waals surface area contributed by atoms with Gasteiger partial charge >= 0.3 is 5.97 Å². The molecule has 144 valence electrons. The molecule has 0 saturated carbocycles. The third-order valence-electron chi connectivity index (χ3n) is 3.70. The second kappa shape index (κ2) is 7.98. The predicted octanol–water partition coefficient (Wildman–Crippen LogP) is 4.84. The van der Waals surface area contributed by atoms with E-state index in [2.05, 4.69) is 19.9 Å². The molecule has 3 heterocycles. The lowest BCUT2D eigenvalue weighted by Crippen LogP contribution is -2.00. The largest absolute Gasteiger partial charge is 0.478 e. The molecule has 0 amide bonds. The highest BCUT2D eigenvalue weighted by Gasteiger charge is 2.21. The van der Waals surface area contributed by atoms with E-state index < -0.39 is 5.97 Å². The zero-order valence-electron chi connectivity index (χ0n) is 14.4. The molecule has 0 spiro atoms. The molecule has 4 aromatic rings. The van der Waals surface area contributed by atoms with Crippen LogP contribution in [0, 0.1) is 5.82 Å². The molecule has 0 aliphatic rings. The van der Waals surface area contributed by atoms with E-state index in [1.165, 1.54) is 54.6 Å². The van der Waals surface area contributed by atoms with Crippen LogP contribution in [0.15, 0.2) is 69.5 Å². The molecule has 0 bridgehead atoms. The first-order valence-corrected chi connectivity index (χ1v) is 9.31. The van der Waals surface area contributed by atoms with Gasteiger partial charge in [-0.05, 0) is 48.2 Å². The highest BCUT2D eigenvalue weighted by atomic mass is 35.5. The van der Waals surface area contributed by atoms with Gasteiger partial charge in [-0.2, -0.15) is 0 Å². The molecule has 0 aliphatic heterocycles. The number of carboxylic acids is 1. The van der Waals surface area contributed by atoms with E-state index in [4.69, 9.17) is 21.1 Å². The molecule has 0 atom stereocenters. The summed E-state index contributed by atoms with van der Waals surface area (Å²) < 4.78 is 19.1. The molecule has 0 saturated heterocycles. The SMILES string of the molecule is O=C(O)c1cnc(-c2nc(-c3ccc(F)cc3)oc2Sc2ccc(Cl)cn2)nc1. The van der Waals surface area contributed by atoms with Crippen molar-refractivity contribution in [2.24, 2.45) is 0 Å². The number of rotatable bonds is 5. The van der Waals surface area contributed by atoms with E-state index in [1.807, 2.05) is 0 Å². The zero-order chi connectivity index (χ0) is 20.4. The van der Waals surface area contributed by atoms with Gasteiger partial charge in [0.25, 0.3) is 0 Å². The van der Waals surface area contributed by atoms with Crippen LogP contribution in [0.3, 0.4) is 0 Å². The topological polar surface area (TPSA) is 102 Å². The molecule has 0 aliphatic carbocycles.